The molecule has 1 aromatic rings. The smallest absolute Gasteiger partial charge is 0.200 e. The van der Waals surface area contributed by atoms with E-state index in [1.54, 1.807) is 12.1 Å². The first-order chi connectivity index (χ1) is 7.29. The maximum Gasteiger partial charge on any atom is 0.200 e. The van der Waals surface area contributed by atoms with E-state index in [9.17, 15) is 0 Å². The van der Waals surface area contributed by atoms with E-state index in [1.807, 2.05) is 24.3 Å². The van der Waals surface area contributed by atoms with Gasteiger partial charge in [-0.1, -0.05) is 12.1 Å². The van der Waals surface area contributed by atoms with Gasteiger partial charge in [-0.2, -0.15) is 5.53 Å². The zero-order chi connectivity index (χ0) is 10.7. The first kappa shape index (κ1) is 10.2. The molecule has 2 rings (SSSR count). The van der Waals surface area contributed by atoms with Crippen LogP contribution in [0.2, 0.25) is 0 Å². The zero-order valence-electron chi connectivity index (χ0n) is 8.28. The average Bonchev–Trinajstić information content (AvgIpc) is 2.66. The number of hydrogen-bond acceptors (Lipinski definition) is 4. The largest absolute Gasteiger partial charge is 0.497 e. The lowest BCUT2D eigenvalue weighted by molar-refractivity contribution is 0.297. The second kappa shape index (κ2) is 4.43. The summed E-state index contributed by atoms with van der Waals surface area (Å²) in [5.74, 6) is 0.854. The lowest BCUT2D eigenvalue weighted by Crippen LogP contribution is -2.36. The van der Waals surface area contributed by atoms with Crippen LogP contribution in [0.15, 0.2) is 24.3 Å². The van der Waals surface area contributed by atoms with Crippen molar-refractivity contribution in [3.8, 4) is 5.75 Å². The van der Waals surface area contributed by atoms with Crippen LogP contribution in [0.5, 0.6) is 5.75 Å². The van der Waals surface area contributed by atoms with Crippen molar-refractivity contribution >= 4 is 17.3 Å². The van der Waals surface area contributed by atoms with Crippen LogP contribution in [-0.2, 0) is 6.54 Å². The van der Waals surface area contributed by atoms with E-state index < -0.39 is 0 Å². The van der Waals surface area contributed by atoms with Crippen LogP contribution in [0.3, 0.4) is 0 Å². The van der Waals surface area contributed by atoms with E-state index in [2.05, 4.69) is 16.5 Å². The first-order valence-electron chi connectivity index (χ1n) is 4.50. The van der Waals surface area contributed by atoms with E-state index >= 15 is 0 Å². The van der Waals surface area contributed by atoms with Crippen LogP contribution in [0.25, 0.3) is 0 Å². The molecule has 0 radical (unpaired) electrons. The Balaban J connectivity index is 2.01. The molecule has 5 nitrogen and oxygen atoms in total. The molecule has 0 amide bonds. The quantitative estimate of drug-likeness (QED) is 0.642. The topological polar surface area (TPSA) is 48.6 Å². The minimum Gasteiger partial charge on any atom is -0.497 e. The number of hydrogen-bond donors (Lipinski definition) is 3. The van der Waals surface area contributed by atoms with Gasteiger partial charge in [0.1, 0.15) is 5.75 Å². The van der Waals surface area contributed by atoms with Crippen molar-refractivity contribution in [3.05, 3.63) is 29.8 Å². The molecule has 80 valence electrons. The van der Waals surface area contributed by atoms with Crippen LogP contribution >= 0.6 is 12.2 Å². The van der Waals surface area contributed by atoms with E-state index in [4.69, 9.17) is 17.0 Å². The van der Waals surface area contributed by atoms with E-state index in [0.29, 0.717) is 11.7 Å². The lowest BCUT2D eigenvalue weighted by Gasteiger charge is -2.14. The molecule has 3 N–H and O–H groups in total. The van der Waals surface area contributed by atoms with Crippen molar-refractivity contribution < 1.29 is 4.74 Å². The molecule has 6 heteroatoms. The van der Waals surface area contributed by atoms with E-state index in [1.165, 1.54) is 0 Å². The van der Waals surface area contributed by atoms with Gasteiger partial charge >= 0.3 is 0 Å². The third-order valence-electron chi connectivity index (χ3n) is 2.11. The zero-order valence-corrected chi connectivity index (χ0v) is 9.10. The molecule has 0 spiro atoms. The number of benzene rings is 1. The highest BCUT2D eigenvalue weighted by Crippen LogP contribution is 2.12. The number of nitrogens with zero attached hydrogens (tertiary/aromatic N) is 1. The van der Waals surface area contributed by atoms with Crippen molar-refractivity contribution in [3.63, 3.8) is 0 Å². The normalized spacial score (nSPS) is 15.3. The molecule has 15 heavy (non-hydrogen) atoms. The van der Waals surface area contributed by atoms with Gasteiger partial charge in [0.15, 0.2) is 0 Å². The number of rotatable bonds is 3. The number of methoxy groups -OCH3 is 1. The molecule has 1 heterocycles. The average molecular weight is 224 g/mol. The highest BCUT2D eigenvalue weighted by atomic mass is 32.1. The number of ether oxygens (including phenoxy) is 1. The molecular weight excluding hydrogens is 212 g/mol. The van der Waals surface area contributed by atoms with Crippen molar-refractivity contribution in [2.24, 2.45) is 0 Å². The Labute approximate surface area is 93.3 Å². The first-order valence-corrected chi connectivity index (χ1v) is 4.91. The molecule has 1 fully saturated rings. The van der Waals surface area contributed by atoms with E-state index in [-0.39, 0.29) is 0 Å². The number of nitrogens with one attached hydrogen (secondary N) is 3. The molecule has 1 saturated heterocycles. The maximum absolute atomic E-state index is 5.08. The van der Waals surface area contributed by atoms with Crippen LogP contribution in [0.4, 0.5) is 0 Å². The summed E-state index contributed by atoms with van der Waals surface area (Å²) >= 11 is 5.05. The van der Waals surface area contributed by atoms with Crippen molar-refractivity contribution in [2.45, 2.75) is 6.54 Å². The molecule has 0 atom stereocenters. The van der Waals surface area contributed by atoms with Crippen LogP contribution < -0.4 is 21.2 Å². The second-order valence-electron chi connectivity index (χ2n) is 3.10. The SMILES string of the molecule is COc1ccc(CN2NNNC2=S)cc1. The second-order valence-corrected chi connectivity index (χ2v) is 3.49. The summed E-state index contributed by atoms with van der Waals surface area (Å²) in [6.07, 6.45) is 0. The summed E-state index contributed by atoms with van der Waals surface area (Å²) in [5.41, 5.74) is 9.54. The fraction of sp³-hybridized carbons (Fsp3) is 0.222. The van der Waals surface area contributed by atoms with Gasteiger partial charge in [0, 0.05) is 0 Å². The fourth-order valence-electron chi connectivity index (χ4n) is 1.29. The third-order valence-corrected chi connectivity index (χ3v) is 2.43. The minimum atomic E-state index is 0.630. The molecule has 1 aliphatic heterocycles. The number of hydrazine groups is 3. The molecule has 0 bridgehead atoms. The lowest BCUT2D eigenvalue weighted by atomic mass is 10.2. The summed E-state index contributed by atoms with van der Waals surface area (Å²) in [4.78, 5) is 0. The van der Waals surface area contributed by atoms with Crippen molar-refractivity contribution in [1.82, 2.24) is 21.5 Å². The third kappa shape index (κ3) is 2.35. The Morgan fingerprint density at radius 1 is 1.33 bits per heavy atom. The Hall–Kier alpha value is -1.37. The highest BCUT2D eigenvalue weighted by molar-refractivity contribution is 7.80. The Kier molecular flexibility index (Phi) is 3.00. The summed E-state index contributed by atoms with van der Waals surface area (Å²) in [5, 5.41) is 2.43. The molecule has 1 aliphatic rings. The van der Waals surface area contributed by atoms with Gasteiger partial charge in [-0.25, -0.2) is 0 Å². The van der Waals surface area contributed by atoms with Gasteiger partial charge in [0.25, 0.3) is 0 Å². The predicted octanol–water partition coefficient (Wildman–Crippen LogP) is 0.310. The van der Waals surface area contributed by atoms with Gasteiger partial charge < -0.3 is 4.74 Å². The van der Waals surface area contributed by atoms with Crippen molar-refractivity contribution in [2.75, 3.05) is 7.11 Å². The van der Waals surface area contributed by atoms with Crippen molar-refractivity contribution in [1.29, 1.82) is 0 Å². The van der Waals surface area contributed by atoms with Gasteiger partial charge in [0.05, 0.1) is 13.7 Å². The van der Waals surface area contributed by atoms with Gasteiger partial charge in [0.2, 0.25) is 5.11 Å². The molecular formula is C9H12N4OS. The highest BCUT2D eigenvalue weighted by Gasteiger charge is 2.14. The van der Waals surface area contributed by atoms with Crippen LogP contribution in [0.1, 0.15) is 5.56 Å². The summed E-state index contributed by atoms with van der Waals surface area (Å²) in [6, 6.07) is 7.85. The molecule has 0 aliphatic carbocycles. The van der Waals surface area contributed by atoms with Crippen LogP contribution in [-0.4, -0.2) is 17.2 Å². The summed E-state index contributed by atoms with van der Waals surface area (Å²) in [6.45, 7) is 0.697. The molecule has 0 unspecified atom stereocenters. The van der Waals surface area contributed by atoms with Gasteiger partial charge in [-0.3, -0.25) is 10.4 Å². The fourth-order valence-corrected chi connectivity index (χ4v) is 1.45. The van der Waals surface area contributed by atoms with Gasteiger partial charge in [-0.05, 0) is 29.9 Å². The predicted molar refractivity (Wildman–Crippen MR) is 60.5 cm³/mol. The molecule has 0 saturated carbocycles. The standard InChI is InChI=1S/C9H12N4OS/c1-14-8-4-2-7(3-5-8)6-13-9(15)10-11-12-13/h2-5,11-12H,6H2,1H3,(H,10,15). The number of thiocarbonyl (C=S) groups is 1. The Morgan fingerprint density at radius 2 is 2.07 bits per heavy atom. The Morgan fingerprint density at radius 3 is 2.60 bits per heavy atom. The molecule has 0 aromatic heterocycles. The van der Waals surface area contributed by atoms with Gasteiger partial charge in [-0.15, -0.1) is 5.53 Å². The maximum atomic E-state index is 5.08. The Bertz CT molecular complexity index is 354. The molecule has 1 aromatic carbocycles. The summed E-state index contributed by atoms with van der Waals surface area (Å²) in [7, 11) is 1.65. The van der Waals surface area contributed by atoms with Crippen LogP contribution in [0, 0.1) is 0 Å². The monoisotopic (exact) mass is 224 g/mol. The minimum absolute atomic E-state index is 0.630. The van der Waals surface area contributed by atoms with E-state index in [0.717, 1.165) is 11.3 Å². The summed E-state index contributed by atoms with van der Waals surface area (Å²) < 4.78 is 5.08.